The van der Waals surface area contributed by atoms with Crippen LogP contribution in [0.5, 0.6) is 0 Å². The quantitative estimate of drug-likeness (QED) is 0.845. The molecule has 110 valence electrons. The van der Waals surface area contributed by atoms with Crippen LogP contribution in [0.15, 0.2) is 42.7 Å². The molecule has 1 aromatic carbocycles. The highest BCUT2D eigenvalue weighted by molar-refractivity contribution is 5.89. The van der Waals surface area contributed by atoms with Gasteiger partial charge in [-0.25, -0.2) is 4.79 Å². The highest BCUT2D eigenvalue weighted by atomic mass is 16.5. The average molecular weight is 287 g/mol. The molecular weight excluding hydrogens is 270 g/mol. The number of aromatic nitrogens is 2. The Bertz CT molecular complexity index is 622. The van der Waals surface area contributed by atoms with Crippen molar-refractivity contribution in [1.82, 2.24) is 15.1 Å². The van der Waals surface area contributed by atoms with E-state index >= 15 is 0 Å². The van der Waals surface area contributed by atoms with E-state index in [0.29, 0.717) is 5.56 Å². The number of rotatable bonds is 5. The molecule has 1 heterocycles. The van der Waals surface area contributed by atoms with Crippen LogP contribution < -0.4 is 5.32 Å². The molecule has 1 N–H and O–H groups in total. The number of ether oxygens (including phenoxy) is 1. The van der Waals surface area contributed by atoms with E-state index in [1.807, 2.05) is 30.3 Å². The predicted molar refractivity (Wildman–Crippen MR) is 76.5 cm³/mol. The van der Waals surface area contributed by atoms with Gasteiger partial charge >= 0.3 is 5.97 Å². The Balaban J connectivity index is 2.12. The Hall–Kier alpha value is -2.63. The Morgan fingerprint density at radius 3 is 2.62 bits per heavy atom. The number of nitrogens with zero attached hydrogens (tertiary/aromatic N) is 2. The van der Waals surface area contributed by atoms with Crippen LogP contribution in [0.1, 0.15) is 28.9 Å². The second kappa shape index (κ2) is 6.69. The fraction of sp³-hybridized carbons (Fsp3) is 0.267. The molecule has 0 aliphatic heterocycles. The first-order valence-corrected chi connectivity index (χ1v) is 6.55. The van der Waals surface area contributed by atoms with Crippen molar-refractivity contribution in [2.45, 2.75) is 13.0 Å². The Kier molecular flexibility index (Phi) is 4.71. The minimum absolute atomic E-state index is 0.173. The minimum atomic E-state index is -0.539. The monoisotopic (exact) mass is 287 g/mol. The summed E-state index contributed by atoms with van der Waals surface area (Å²) in [6.45, 7) is 1.65. The molecule has 2 rings (SSSR count). The second-order valence-electron chi connectivity index (χ2n) is 4.64. The third-order valence-electron chi connectivity index (χ3n) is 2.90. The molecule has 6 nitrogen and oxygen atoms in total. The van der Waals surface area contributed by atoms with Gasteiger partial charge in [-0.3, -0.25) is 9.48 Å². The number of hydrogen-bond acceptors (Lipinski definition) is 4. The van der Waals surface area contributed by atoms with Gasteiger partial charge in [0.1, 0.15) is 6.10 Å². The molecule has 1 aromatic heterocycles. The fourth-order valence-corrected chi connectivity index (χ4v) is 1.86. The summed E-state index contributed by atoms with van der Waals surface area (Å²) in [6, 6.07) is 9.29. The van der Waals surface area contributed by atoms with E-state index in [-0.39, 0.29) is 12.5 Å². The van der Waals surface area contributed by atoms with Crippen LogP contribution in [0.3, 0.4) is 0 Å². The van der Waals surface area contributed by atoms with Gasteiger partial charge in [0.05, 0.1) is 18.3 Å². The van der Waals surface area contributed by atoms with Gasteiger partial charge in [0.15, 0.2) is 0 Å². The fourth-order valence-electron chi connectivity index (χ4n) is 1.86. The summed E-state index contributed by atoms with van der Waals surface area (Å²) in [5, 5.41) is 6.61. The molecule has 0 bridgehead atoms. The lowest BCUT2D eigenvalue weighted by Crippen LogP contribution is -2.28. The summed E-state index contributed by atoms with van der Waals surface area (Å²) >= 11 is 0. The summed E-state index contributed by atoms with van der Waals surface area (Å²) in [5.74, 6) is -0.643. The maximum absolute atomic E-state index is 12.1. The molecule has 0 aliphatic carbocycles. The van der Waals surface area contributed by atoms with E-state index in [0.717, 1.165) is 5.56 Å². The first-order chi connectivity index (χ1) is 10.1. The van der Waals surface area contributed by atoms with Crippen LogP contribution in [-0.2, 0) is 16.6 Å². The maximum Gasteiger partial charge on any atom is 0.342 e. The van der Waals surface area contributed by atoms with Gasteiger partial charge in [-0.1, -0.05) is 30.3 Å². The number of esters is 1. The average Bonchev–Trinajstić information content (AvgIpc) is 2.90. The first-order valence-electron chi connectivity index (χ1n) is 6.55. The number of amides is 1. The molecule has 1 atom stereocenters. The van der Waals surface area contributed by atoms with E-state index in [4.69, 9.17) is 4.74 Å². The molecular formula is C15H17N3O3. The number of aryl methyl sites for hydroxylation is 1. The molecule has 6 heteroatoms. The third-order valence-corrected chi connectivity index (χ3v) is 2.90. The summed E-state index contributed by atoms with van der Waals surface area (Å²) in [7, 11) is 1.72. The lowest BCUT2D eigenvalue weighted by molar-refractivity contribution is -0.119. The number of benzene rings is 1. The summed E-state index contributed by atoms with van der Waals surface area (Å²) in [5.41, 5.74) is 1.20. The largest absolute Gasteiger partial charge is 0.452 e. The van der Waals surface area contributed by atoms with E-state index in [9.17, 15) is 9.59 Å². The van der Waals surface area contributed by atoms with E-state index in [1.165, 1.54) is 17.8 Å². The van der Waals surface area contributed by atoms with Gasteiger partial charge in [-0.2, -0.15) is 5.10 Å². The van der Waals surface area contributed by atoms with Gasteiger partial charge in [-0.05, 0) is 5.56 Å². The van der Waals surface area contributed by atoms with Crippen molar-refractivity contribution in [3.63, 3.8) is 0 Å². The minimum Gasteiger partial charge on any atom is -0.452 e. The van der Waals surface area contributed by atoms with Crippen molar-refractivity contribution < 1.29 is 14.3 Å². The van der Waals surface area contributed by atoms with Crippen molar-refractivity contribution in [2.24, 2.45) is 7.05 Å². The molecule has 0 aliphatic rings. The smallest absolute Gasteiger partial charge is 0.342 e. The normalized spacial score (nSPS) is 11.7. The molecule has 0 spiro atoms. The molecule has 1 amide bonds. The van der Waals surface area contributed by atoms with Gasteiger partial charge < -0.3 is 10.1 Å². The number of carbonyl (C=O) groups is 2. The summed E-state index contributed by atoms with van der Waals surface area (Å²) in [6.07, 6.45) is 2.49. The van der Waals surface area contributed by atoms with E-state index < -0.39 is 12.1 Å². The van der Waals surface area contributed by atoms with Gasteiger partial charge in [0, 0.05) is 20.2 Å². The molecule has 0 unspecified atom stereocenters. The van der Waals surface area contributed by atoms with Gasteiger partial charge in [-0.15, -0.1) is 0 Å². The molecule has 21 heavy (non-hydrogen) atoms. The van der Waals surface area contributed by atoms with Crippen LogP contribution in [-0.4, -0.2) is 28.2 Å². The first kappa shape index (κ1) is 14.8. The summed E-state index contributed by atoms with van der Waals surface area (Å²) in [4.78, 5) is 23.2. The maximum atomic E-state index is 12.1. The zero-order valence-corrected chi connectivity index (χ0v) is 11.9. The predicted octanol–water partition coefficient (Wildman–Crippen LogP) is 1.45. The van der Waals surface area contributed by atoms with Crippen molar-refractivity contribution in [3.8, 4) is 0 Å². The van der Waals surface area contributed by atoms with Gasteiger partial charge in [0.25, 0.3) is 0 Å². The van der Waals surface area contributed by atoms with Crippen LogP contribution >= 0.6 is 0 Å². The Morgan fingerprint density at radius 2 is 2.05 bits per heavy atom. The molecule has 2 aromatic rings. The van der Waals surface area contributed by atoms with Crippen molar-refractivity contribution in [1.29, 1.82) is 0 Å². The lowest BCUT2D eigenvalue weighted by atomic mass is 10.1. The molecule has 0 saturated carbocycles. The molecule has 0 saturated heterocycles. The SMILES string of the molecule is CC(=O)NC[C@@H](OC(=O)c1cnn(C)c1)c1ccccc1. The third kappa shape index (κ3) is 4.17. The van der Waals surface area contributed by atoms with Crippen LogP contribution in [0.2, 0.25) is 0 Å². The lowest BCUT2D eigenvalue weighted by Gasteiger charge is -2.18. The standard InChI is InChI=1S/C15H17N3O3/c1-11(19)16-9-14(12-6-4-3-5-7-12)21-15(20)13-8-17-18(2)10-13/h3-8,10,14H,9H2,1-2H3,(H,16,19)/t14-/m1/s1. The van der Waals surface area contributed by atoms with Crippen LogP contribution in [0.25, 0.3) is 0 Å². The van der Waals surface area contributed by atoms with E-state index in [1.54, 1.807) is 13.2 Å². The molecule has 0 radical (unpaired) electrons. The van der Waals surface area contributed by atoms with Crippen molar-refractivity contribution >= 4 is 11.9 Å². The highest BCUT2D eigenvalue weighted by Crippen LogP contribution is 2.18. The van der Waals surface area contributed by atoms with E-state index in [2.05, 4.69) is 10.4 Å². The molecule has 0 fully saturated rings. The zero-order chi connectivity index (χ0) is 15.2. The van der Waals surface area contributed by atoms with Crippen molar-refractivity contribution in [2.75, 3.05) is 6.54 Å². The second-order valence-corrected chi connectivity index (χ2v) is 4.64. The van der Waals surface area contributed by atoms with Crippen molar-refractivity contribution in [3.05, 3.63) is 53.9 Å². The summed E-state index contributed by atoms with van der Waals surface area (Å²) < 4.78 is 7.01. The Morgan fingerprint density at radius 1 is 1.33 bits per heavy atom. The van der Waals surface area contributed by atoms with Crippen LogP contribution in [0, 0.1) is 0 Å². The number of hydrogen-bond donors (Lipinski definition) is 1. The topological polar surface area (TPSA) is 73.2 Å². The number of carbonyl (C=O) groups excluding carboxylic acids is 2. The zero-order valence-electron chi connectivity index (χ0n) is 11.9. The Labute approximate surface area is 122 Å². The number of nitrogens with one attached hydrogen (secondary N) is 1. The van der Waals surface area contributed by atoms with Gasteiger partial charge in [0.2, 0.25) is 5.91 Å². The van der Waals surface area contributed by atoms with Crippen LogP contribution in [0.4, 0.5) is 0 Å². The highest BCUT2D eigenvalue weighted by Gasteiger charge is 2.19.